The molecular weight excluding hydrogens is 266 g/mol. The van der Waals surface area contributed by atoms with Crippen LogP contribution in [-0.4, -0.2) is 25.5 Å². The Morgan fingerprint density at radius 2 is 2.22 bits per heavy atom. The van der Waals surface area contributed by atoms with Crippen molar-refractivity contribution in [3.63, 3.8) is 0 Å². The Morgan fingerprint density at radius 1 is 1.44 bits per heavy atom. The molecular formula is C14H22ClNOS. The summed E-state index contributed by atoms with van der Waals surface area (Å²) in [6, 6.07) is 6.12. The lowest BCUT2D eigenvalue weighted by Gasteiger charge is -2.15. The van der Waals surface area contributed by atoms with E-state index >= 15 is 0 Å². The third-order valence-electron chi connectivity index (χ3n) is 2.76. The van der Waals surface area contributed by atoms with E-state index in [0.717, 1.165) is 31.1 Å². The number of nitrogens with one attached hydrogen (secondary N) is 1. The maximum Gasteiger partial charge on any atom is 0.0587 e. The summed E-state index contributed by atoms with van der Waals surface area (Å²) in [6.07, 6.45) is 1.16. The number of thioether (sulfide) groups is 1. The molecule has 0 aliphatic carbocycles. The summed E-state index contributed by atoms with van der Waals surface area (Å²) in [6.45, 7) is 6.81. The summed E-state index contributed by atoms with van der Waals surface area (Å²) >= 11 is 8.18. The van der Waals surface area contributed by atoms with Crippen molar-refractivity contribution in [3.05, 3.63) is 28.8 Å². The summed E-state index contributed by atoms with van der Waals surface area (Å²) in [4.78, 5) is 1.28. The fraction of sp³-hybridized carbons (Fsp3) is 0.571. The van der Waals surface area contributed by atoms with Crippen LogP contribution in [-0.2, 0) is 11.3 Å². The van der Waals surface area contributed by atoms with Gasteiger partial charge in [-0.3, -0.25) is 0 Å². The molecule has 2 nitrogen and oxygen atoms in total. The number of benzene rings is 1. The highest BCUT2D eigenvalue weighted by atomic mass is 35.5. The molecule has 4 heteroatoms. The first-order chi connectivity index (χ1) is 8.69. The van der Waals surface area contributed by atoms with Gasteiger partial charge in [0.1, 0.15) is 0 Å². The molecule has 0 saturated carbocycles. The third-order valence-corrected chi connectivity index (χ3v) is 4.49. The molecule has 0 heterocycles. The highest BCUT2D eigenvalue weighted by Crippen LogP contribution is 2.32. The molecule has 0 amide bonds. The van der Waals surface area contributed by atoms with E-state index in [1.54, 1.807) is 7.11 Å². The van der Waals surface area contributed by atoms with E-state index < -0.39 is 0 Å². The molecule has 1 rings (SSSR count). The number of halogens is 1. The lowest BCUT2D eigenvalue weighted by atomic mass is 10.2. The van der Waals surface area contributed by atoms with Crippen LogP contribution < -0.4 is 5.32 Å². The molecule has 18 heavy (non-hydrogen) atoms. The second-order valence-electron chi connectivity index (χ2n) is 4.22. The lowest BCUT2D eigenvalue weighted by molar-refractivity contribution is 0.199. The summed E-state index contributed by atoms with van der Waals surface area (Å²) in [5, 5.41) is 4.81. The first-order valence-corrected chi connectivity index (χ1v) is 7.58. The van der Waals surface area contributed by atoms with Crippen molar-refractivity contribution in [2.75, 3.05) is 20.3 Å². The Balaban J connectivity index is 2.67. The molecule has 0 aliphatic rings. The minimum Gasteiger partial charge on any atom is -0.383 e. The summed E-state index contributed by atoms with van der Waals surface area (Å²) in [5.41, 5.74) is 1.19. The van der Waals surface area contributed by atoms with E-state index in [0.29, 0.717) is 5.25 Å². The summed E-state index contributed by atoms with van der Waals surface area (Å²) in [5.74, 6) is 0. The molecule has 0 bridgehead atoms. The van der Waals surface area contributed by atoms with Crippen molar-refractivity contribution >= 4 is 23.4 Å². The van der Waals surface area contributed by atoms with Crippen LogP contribution in [0.25, 0.3) is 0 Å². The fourth-order valence-corrected chi connectivity index (χ4v) is 2.89. The van der Waals surface area contributed by atoms with Gasteiger partial charge in [-0.15, -0.1) is 11.8 Å². The van der Waals surface area contributed by atoms with Crippen molar-refractivity contribution in [1.82, 2.24) is 5.32 Å². The zero-order valence-electron chi connectivity index (χ0n) is 11.3. The van der Waals surface area contributed by atoms with Crippen LogP contribution in [0.1, 0.15) is 25.8 Å². The van der Waals surface area contributed by atoms with Crippen LogP contribution in [0.2, 0.25) is 5.02 Å². The van der Waals surface area contributed by atoms with Crippen LogP contribution in [0.3, 0.4) is 0 Å². The number of hydrogen-bond donors (Lipinski definition) is 1. The number of hydrogen-bond acceptors (Lipinski definition) is 3. The Kier molecular flexibility index (Phi) is 7.75. The predicted octanol–water partition coefficient (Wildman–Crippen LogP) is 3.97. The molecule has 0 spiro atoms. The molecule has 0 radical (unpaired) electrons. The van der Waals surface area contributed by atoms with E-state index in [-0.39, 0.29) is 0 Å². The first-order valence-electron chi connectivity index (χ1n) is 6.32. The zero-order valence-corrected chi connectivity index (χ0v) is 12.9. The first kappa shape index (κ1) is 15.8. The Morgan fingerprint density at radius 3 is 2.89 bits per heavy atom. The summed E-state index contributed by atoms with van der Waals surface area (Å²) in [7, 11) is 1.71. The molecule has 0 saturated heterocycles. The van der Waals surface area contributed by atoms with E-state index in [1.165, 1.54) is 10.5 Å². The molecule has 1 aromatic rings. The highest BCUT2D eigenvalue weighted by molar-refractivity contribution is 8.00. The smallest absolute Gasteiger partial charge is 0.0587 e. The van der Waals surface area contributed by atoms with E-state index in [9.17, 15) is 0 Å². The van der Waals surface area contributed by atoms with Gasteiger partial charge in [0.25, 0.3) is 0 Å². The molecule has 102 valence electrons. The van der Waals surface area contributed by atoms with Crippen molar-refractivity contribution < 1.29 is 4.74 Å². The topological polar surface area (TPSA) is 21.3 Å². The minimum absolute atomic E-state index is 0.612. The van der Waals surface area contributed by atoms with Crippen LogP contribution >= 0.6 is 23.4 Å². The second kappa shape index (κ2) is 8.81. The van der Waals surface area contributed by atoms with Gasteiger partial charge in [-0.1, -0.05) is 31.5 Å². The van der Waals surface area contributed by atoms with Crippen LogP contribution in [0.4, 0.5) is 0 Å². The van der Waals surface area contributed by atoms with Gasteiger partial charge in [-0.25, -0.2) is 0 Å². The SMILES string of the molecule is CCC(C)Sc1cccc(Cl)c1CNCCOC. The van der Waals surface area contributed by atoms with Crippen LogP contribution in [0.5, 0.6) is 0 Å². The molecule has 1 aromatic carbocycles. The zero-order chi connectivity index (χ0) is 13.4. The van der Waals surface area contributed by atoms with Crippen LogP contribution in [0.15, 0.2) is 23.1 Å². The van der Waals surface area contributed by atoms with E-state index in [4.69, 9.17) is 16.3 Å². The maximum absolute atomic E-state index is 6.28. The molecule has 1 N–H and O–H groups in total. The number of methoxy groups -OCH3 is 1. The quantitative estimate of drug-likeness (QED) is 0.577. The average Bonchev–Trinajstić information content (AvgIpc) is 2.37. The second-order valence-corrected chi connectivity index (χ2v) is 6.11. The van der Waals surface area contributed by atoms with Crippen LogP contribution in [0, 0.1) is 0 Å². The van der Waals surface area contributed by atoms with Gasteiger partial charge in [0.15, 0.2) is 0 Å². The lowest BCUT2D eigenvalue weighted by Crippen LogP contribution is -2.19. The van der Waals surface area contributed by atoms with E-state index in [2.05, 4.69) is 25.2 Å². The van der Waals surface area contributed by atoms with Gasteiger partial charge in [-0.05, 0) is 24.1 Å². The van der Waals surface area contributed by atoms with Crippen molar-refractivity contribution in [1.29, 1.82) is 0 Å². The normalized spacial score (nSPS) is 12.7. The van der Waals surface area contributed by atoms with Gasteiger partial charge in [0, 0.05) is 35.4 Å². The largest absolute Gasteiger partial charge is 0.383 e. The molecule has 0 fully saturated rings. The van der Waals surface area contributed by atoms with Gasteiger partial charge >= 0.3 is 0 Å². The van der Waals surface area contributed by atoms with Gasteiger partial charge in [-0.2, -0.15) is 0 Å². The Bertz CT molecular complexity index is 360. The molecule has 0 aromatic heterocycles. The molecule has 0 aliphatic heterocycles. The monoisotopic (exact) mass is 287 g/mol. The average molecular weight is 288 g/mol. The predicted molar refractivity (Wildman–Crippen MR) is 80.6 cm³/mol. The minimum atomic E-state index is 0.612. The number of ether oxygens (including phenoxy) is 1. The standard InChI is InChI=1S/C14H22ClNOS/c1-4-11(2)18-14-7-5-6-13(15)12(14)10-16-8-9-17-3/h5-7,11,16H,4,8-10H2,1-3H3. The van der Waals surface area contributed by atoms with Crippen molar-refractivity contribution in [2.24, 2.45) is 0 Å². The fourth-order valence-electron chi connectivity index (χ4n) is 1.51. The van der Waals surface area contributed by atoms with Gasteiger partial charge in [0.2, 0.25) is 0 Å². The van der Waals surface area contributed by atoms with Crippen molar-refractivity contribution in [3.8, 4) is 0 Å². The Hall–Kier alpha value is -0.220. The summed E-state index contributed by atoms with van der Waals surface area (Å²) < 4.78 is 5.02. The Labute approximate surface area is 119 Å². The molecule has 1 unspecified atom stereocenters. The number of rotatable bonds is 8. The van der Waals surface area contributed by atoms with Gasteiger partial charge < -0.3 is 10.1 Å². The maximum atomic E-state index is 6.28. The van der Waals surface area contributed by atoms with E-state index in [1.807, 2.05) is 23.9 Å². The molecule has 1 atom stereocenters. The highest BCUT2D eigenvalue weighted by Gasteiger charge is 2.10. The van der Waals surface area contributed by atoms with Crippen molar-refractivity contribution in [2.45, 2.75) is 37.0 Å². The van der Waals surface area contributed by atoms with Gasteiger partial charge in [0.05, 0.1) is 6.61 Å². The third kappa shape index (κ3) is 5.19.